The quantitative estimate of drug-likeness (QED) is 0.879. The Morgan fingerprint density at radius 2 is 2.19 bits per heavy atom. The number of benzene rings is 1. The first-order valence-corrected chi connectivity index (χ1v) is 7.44. The van der Waals surface area contributed by atoms with Crippen molar-refractivity contribution in [2.75, 3.05) is 7.11 Å². The van der Waals surface area contributed by atoms with E-state index in [0.717, 1.165) is 18.4 Å². The minimum atomic E-state index is -0.319. The Hall–Kier alpha value is -1.81. The maximum Gasteiger partial charge on any atom is 0.165 e. The molecule has 2 aromatic rings. The van der Waals surface area contributed by atoms with Crippen LogP contribution in [0.4, 0.5) is 4.39 Å². The van der Waals surface area contributed by atoms with E-state index < -0.39 is 0 Å². The fourth-order valence-electron chi connectivity index (χ4n) is 3.06. The second-order valence-electron chi connectivity index (χ2n) is 5.73. The number of methoxy groups -OCH3 is 1. The molecule has 3 nitrogen and oxygen atoms in total. The third kappa shape index (κ3) is 2.95. The SMILES string of the molecule is COc1ccc(Cn2cc3c(c2)C(N)CCCC3)cc1F. The maximum absolute atomic E-state index is 13.7. The predicted octanol–water partition coefficient (Wildman–Crippen LogP) is 3.41. The molecule has 1 atom stereocenters. The molecular formula is C17H21FN2O. The molecule has 21 heavy (non-hydrogen) atoms. The van der Waals surface area contributed by atoms with Gasteiger partial charge in [0.2, 0.25) is 0 Å². The van der Waals surface area contributed by atoms with E-state index in [1.807, 2.05) is 6.07 Å². The van der Waals surface area contributed by atoms with Crippen molar-refractivity contribution in [3.63, 3.8) is 0 Å². The van der Waals surface area contributed by atoms with Crippen molar-refractivity contribution < 1.29 is 9.13 Å². The summed E-state index contributed by atoms with van der Waals surface area (Å²) in [6.07, 6.45) is 8.80. The average Bonchev–Trinajstić information content (AvgIpc) is 2.79. The fourth-order valence-corrected chi connectivity index (χ4v) is 3.06. The van der Waals surface area contributed by atoms with Crippen LogP contribution in [0.2, 0.25) is 0 Å². The van der Waals surface area contributed by atoms with Gasteiger partial charge in [-0.15, -0.1) is 0 Å². The van der Waals surface area contributed by atoms with Gasteiger partial charge in [-0.1, -0.05) is 12.5 Å². The number of hydrogen-bond donors (Lipinski definition) is 1. The third-order valence-corrected chi connectivity index (χ3v) is 4.19. The van der Waals surface area contributed by atoms with Crippen LogP contribution in [0.3, 0.4) is 0 Å². The van der Waals surface area contributed by atoms with Gasteiger partial charge < -0.3 is 15.0 Å². The summed E-state index contributed by atoms with van der Waals surface area (Å²) in [4.78, 5) is 0. The molecule has 0 bridgehead atoms. The molecule has 0 fully saturated rings. The Morgan fingerprint density at radius 1 is 1.33 bits per heavy atom. The number of ether oxygens (including phenoxy) is 1. The Kier molecular flexibility index (Phi) is 3.97. The highest BCUT2D eigenvalue weighted by Crippen LogP contribution is 2.28. The minimum Gasteiger partial charge on any atom is -0.494 e. The van der Waals surface area contributed by atoms with Crippen molar-refractivity contribution in [2.45, 2.75) is 38.3 Å². The molecule has 0 spiro atoms. The molecule has 1 aliphatic carbocycles. The van der Waals surface area contributed by atoms with Crippen LogP contribution in [-0.2, 0) is 13.0 Å². The van der Waals surface area contributed by atoms with E-state index in [0.29, 0.717) is 6.54 Å². The Labute approximate surface area is 124 Å². The van der Waals surface area contributed by atoms with Crippen LogP contribution in [0.1, 0.15) is 42.0 Å². The van der Waals surface area contributed by atoms with Gasteiger partial charge in [-0.3, -0.25) is 0 Å². The summed E-state index contributed by atoms with van der Waals surface area (Å²) in [5, 5.41) is 0. The zero-order valence-electron chi connectivity index (χ0n) is 12.3. The van der Waals surface area contributed by atoms with E-state index >= 15 is 0 Å². The smallest absolute Gasteiger partial charge is 0.165 e. The molecule has 1 unspecified atom stereocenters. The fraction of sp³-hybridized carbons (Fsp3) is 0.412. The molecule has 1 aliphatic rings. The molecule has 2 N–H and O–H groups in total. The lowest BCUT2D eigenvalue weighted by Crippen LogP contribution is -2.09. The summed E-state index contributed by atoms with van der Waals surface area (Å²) in [5.74, 6) is -0.0375. The highest BCUT2D eigenvalue weighted by Gasteiger charge is 2.17. The van der Waals surface area contributed by atoms with Crippen molar-refractivity contribution in [3.05, 3.63) is 53.1 Å². The summed E-state index contributed by atoms with van der Waals surface area (Å²) in [6.45, 7) is 0.653. The van der Waals surface area contributed by atoms with Gasteiger partial charge in [0.25, 0.3) is 0 Å². The van der Waals surface area contributed by atoms with Crippen LogP contribution in [0, 0.1) is 5.82 Å². The second-order valence-corrected chi connectivity index (χ2v) is 5.73. The summed E-state index contributed by atoms with van der Waals surface area (Å²) in [5.41, 5.74) is 9.74. The first-order valence-electron chi connectivity index (χ1n) is 7.44. The standard InChI is InChI=1S/C17H21FN2O/c1-21-17-7-6-12(8-15(17)18)9-20-10-13-4-2-3-5-16(19)14(13)11-20/h6-8,10-11,16H,2-5,9,19H2,1H3. The lowest BCUT2D eigenvalue weighted by molar-refractivity contribution is 0.386. The topological polar surface area (TPSA) is 40.2 Å². The number of fused-ring (bicyclic) bond motifs is 1. The van der Waals surface area contributed by atoms with E-state index in [1.54, 1.807) is 6.07 Å². The van der Waals surface area contributed by atoms with Crippen molar-refractivity contribution in [1.29, 1.82) is 0 Å². The number of nitrogens with two attached hydrogens (primary N) is 1. The number of nitrogens with zero attached hydrogens (tertiary/aromatic N) is 1. The normalized spacial score (nSPS) is 18.1. The van der Waals surface area contributed by atoms with Gasteiger partial charge in [-0.25, -0.2) is 4.39 Å². The molecule has 0 radical (unpaired) electrons. The van der Waals surface area contributed by atoms with Crippen molar-refractivity contribution in [2.24, 2.45) is 5.73 Å². The predicted molar refractivity (Wildman–Crippen MR) is 81.0 cm³/mol. The van der Waals surface area contributed by atoms with E-state index in [9.17, 15) is 4.39 Å². The first kappa shape index (κ1) is 14.1. The van der Waals surface area contributed by atoms with E-state index in [-0.39, 0.29) is 17.6 Å². The lowest BCUT2D eigenvalue weighted by Gasteiger charge is -2.08. The van der Waals surface area contributed by atoms with Gasteiger partial charge in [0.05, 0.1) is 7.11 Å². The number of aryl methyl sites for hydroxylation is 1. The van der Waals surface area contributed by atoms with Gasteiger partial charge in [0.15, 0.2) is 11.6 Å². The van der Waals surface area contributed by atoms with Crippen molar-refractivity contribution >= 4 is 0 Å². The summed E-state index contributed by atoms with van der Waals surface area (Å²) in [6, 6.07) is 5.23. The largest absolute Gasteiger partial charge is 0.494 e. The monoisotopic (exact) mass is 288 g/mol. The molecule has 1 heterocycles. The van der Waals surface area contributed by atoms with Gasteiger partial charge in [-0.2, -0.15) is 0 Å². The van der Waals surface area contributed by atoms with Crippen LogP contribution in [0.15, 0.2) is 30.6 Å². The van der Waals surface area contributed by atoms with Gasteiger partial charge in [-0.05, 0) is 48.1 Å². The highest BCUT2D eigenvalue weighted by atomic mass is 19.1. The number of rotatable bonds is 3. The summed E-state index contributed by atoms with van der Waals surface area (Å²) >= 11 is 0. The second kappa shape index (κ2) is 5.90. The van der Waals surface area contributed by atoms with Crippen LogP contribution < -0.4 is 10.5 Å². The zero-order valence-corrected chi connectivity index (χ0v) is 12.3. The van der Waals surface area contributed by atoms with Crippen LogP contribution >= 0.6 is 0 Å². The highest BCUT2D eigenvalue weighted by molar-refractivity contribution is 5.32. The molecule has 1 aromatic heterocycles. The zero-order chi connectivity index (χ0) is 14.8. The van der Waals surface area contributed by atoms with Crippen LogP contribution in [-0.4, -0.2) is 11.7 Å². The number of hydrogen-bond acceptors (Lipinski definition) is 2. The first-order chi connectivity index (χ1) is 10.2. The van der Waals surface area contributed by atoms with Gasteiger partial charge in [0, 0.05) is 25.0 Å². The molecule has 1 aromatic carbocycles. The molecule has 0 aliphatic heterocycles. The third-order valence-electron chi connectivity index (χ3n) is 4.19. The minimum absolute atomic E-state index is 0.136. The molecule has 112 valence electrons. The molecule has 4 heteroatoms. The van der Waals surface area contributed by atoms with Crippen molar-refractivity contribution in [3.8, 4) is 5.75 Å². The Bertz CT molecular complexity index is 636. The van der Waals surface area contributed by atoms with Gasteiger partial charge >= 0.3 is 0 Å². The Balaban J connectivity index is 1.82. The van der Waals surface area contributed by atoms with Crippen LogP contribution in [0.5, 0.6) is 5.75 Å². The van der Waals surface area contributed by atoms with Gasteiger partial charge in [0.1, 0.15) is 0 Å². The number of halogens is 1. The molecular weight excluding hydrogens is 267 g/mol. The van der Waals surface area contributed by atoms with E-state index in [1.165, 1.54) is 37.1 Å². The van der Waals surface area contributed by atoms with E-state index in [2.05, 4.69) is 17.0 Å². The average molecular weight is 288 g/mol. The molecule has 0 amide bonds. The number of aromatic nitrogens is 1. The molecule has 3 rings (SSSR count). The molecule has 0 saturated carbocycles. The molecule has 0 saturated heterocycles. The summed E-state index contributed by atoms with van der Waals surface area (Å²) < 4.78 is 20.8. The van der Waals surface area contributed by atoms with Crippen LogP contribution in [0.25, 0.3) is 0 Å². The van der Waals surface area contributed by atoms with E-state index in [4.69, 9.17) is 10.5 Å². The maximum atomic E-state index is 13.7. The lowest BCUT2D eigenvalue weighted by atomic mass is 10.1. The van der Waals surface area contributed by atoms with Crippen molar-refractivity contribution in [1.82, 2.24) is 4.57 Å². The summed E-state index contributed by atoms with van der Waals surface area (Å²) in [7, 11) is 1.47. The Morgan fingerprint density at radius 3 is 2.95 bits per heavy atom.